The summed E-state index contributed by atoms with van der Waals surface area (Å²) in [5.74, 6) is -2.12. The van der Waals surface area contributed by atoms with E-state index in [1.807, 2.05) is 12.2 Å². The van der Waals surface area contributed by atoms with Crippen LogP contribution in [0.25, 0.3) is 0 Å². The van der Waals surface area contributed by atoms with Gasteiger partial charge in [-0.05, 0) is 77.0 Å². The molecule has 6 atom stereocenters. The molecule has 0 radical (unpaired) electrons. The van der Waals surface area contributed by atoms with E-state index in [4.69, 9.17) is 18.9 Å². The Hall–Kier alpha value is -3.17. The van der Waals surface area contributed by atoms with Crippen molar-refractivity contribution in [2.24, 2.45) is 0 Å². The minimum absolute atomic E-state index is 0.0877. The fourth-order valence-electron chi connectivity index (χ4n) is 6.14. The molecule has 13 heteroatoms. The Morgan fingerprint density at radius 1 is 0.557 bits per heavy atom. The van der Waals surface area contributed by atoms with Gasteiger partial charge >= 0.3 is 11.9 Å². The average molecular weight is 879 g/mol. The number of rotatable bonds is 36. The number of esters is 2. The molecule has 0 aliphatic carbocycles. The highest BCUT2D eigenvalue weighted by atomic mass is 32.2. The third-order valence-corrected chi connectivity index (χ3v) is 10.5. The molecule has 1 heterocycles. The number of hydrogen-bond donors (Lipinski definition) is 4. The van der Waals surface area contributed by atoms with Crippen LogP contribution in [0, 0.1) is 0 Å². The summed E-state index contributed by atoms with van der Waals surface area (Å²) in [4.78, 5) is 25.4. The summed E-state index contributed by atoms with van der Waals surface area (Å²) in [5.41, 5.74) is 0. The van der Waals surface area contributed by atoms with Crippen LogP contribution in [0.4, 0.5) is 0 Å². The van der Waals surface area contributed by atoms with E-state index >= 15 is 0 Å². The zero-order chi connectivity index (χ0) is 44.8. The third kappa shape index (κ3) is 32.2. The minimum atomic E-state index is -4.62. The summed E-state index contributed by atoms with van der Waals surface area (Å²) in [6.45, 7) is 3.60. The standard InChI is InChI=1S/C48H78O12S/c1-3-5-7-9-11-13-15-17-19-20-21-22-23-25-26-28-30-32-34-36-43(49)57-38-41(39-58-48-47(53)46(52)45(51)42(60-48)40-61(54,55)56)59-44(50)37-35-33-31-29-27-24-18-16-14-12-10-8-6-4-2/h10-13,16-19,21-22,25-26,30,32,41-42,45-48,51-53H,3-9,14-15,20,23-24,27-29,31,33-40H2,1-2H3,(H,54,55,56)/b12-10+,13-11+,18-16+,19-17+,22-21+,26-25+,32-30+/t41-,42-,45-,46?,47?,48+/m1/s1. The Morgan fingerprint density at radius 2 is 1.03 bits per heavy atom. The number of unbranched alkanes of at least 4 members (excludes halogenated alkanes) is 10. The molecule has 12 nitrogen and oxygen atoms in total. The van der Waals surface area contributed by atoms with Crippen LogP contribution in [0.5, 0.6) is 0 Å². The van der Waals surface area contributed by atoms with Crippen LogP contribution in [0.3, 0.4) is 0 Å². The quantitative estimate of drug-likeness (QED) is 0.0203. The van der Waals surface area contributed by atoms with Crippen molar-refractivity contribution in [2.45, 2.75) is 185 Å². The number of carbonyl (C=O) groups excluding carboxylic acids is 2. The number of carbonyl (C=O) groups is 2. The highest BCUT2D eigenvalue weighted by Crippen LogP contribution is 2.24. The lowest BCUT2D eigenvalue weighted by molar-refractivity contribution is -0.297. The van der Waals surface area contributed by atoms with Crippen LogP contribution in [0.2, 0.25) is 0 Å². The van der Waals surface area contributed by atoms with Crippen molar-refractivity contribution in [1.82, 2.24) is 0 Å². The maximum Gasteiger partial charge on any atom is 0.306 e. The van der Waals surface area contributed by atoms with Crippen LogP contribution in [0.15, 0.2) is 85.1 Å². The van der Waals surface area contributed by atoms with E-state index in [0.717, 1.165) is 77.0 Å². The summed E-state index contributed by atoms with van der Waals surface area (Å²) in [7, 11) is -4.62. The maximum atomic E-state index is 12.8. The first-order chi connectivity index (χ1) is 29.5. The molecule has 0 bridgehead atoms. The monoisotopic (exact) mass is 879 g/mol. The second-order valence-electron chi connectivity index (χ2n) is 15.4. The maximum absolute atomic E-state index is 12.8. The lowest BCUT2D eigenvalue weighted by Crippen LogP contribution is -2.60. The molecule has 0 aromatic rings. The van der Waals surface area contributed by atoms with Crippen molar-refractivity contribution in [2.75, 3.05) is 19.0 Å². The predicted molar refractivity (Wildman–Crippen MR) is 242 cm³/mol. The molecule has 2 unspecified atom stereocenters. The smallest absolute Gasteiger partial charge is 0.306 e. The second kappa shape index (κ2) is 37.4. The van der Waals surface area contributed by atoms with E-state index in [9.17, 15) is 37.9 Å². The first-order valence-corrected chi connectivity index (χ1v) is 24.3. The predicted octanol–water partition coefficient (Wildman–Crippen LogP) is 9.28. The number of aliphatic hydroxyl groups is 3. The molecular formula is C48H78O12S. The molecule has 0 aromatic heterocycles. The van der Waals surface area contributed by atoms with Crippen molar-refractivity contribution in [1.29, 1.82) is 0 Å². The number of ether oxygens (including phenoxy) is 4. The van der Waals surface area contributed by atoms with Gasteiger partial charge in [0.1, 0.15) is 36.8 Å². The molecule has 1 aliphatic heterocycles. The topological polar surface area (TPSA) is 186 Å². The van der Waals surface area contributed by atoms with Gasteiger partial charge in [-0.15, -0.1) is 0 Å². The van der Waals surface area contributed by atoms with Crippen LogP contribution in [-0.2, 0) is 38.7 Å². The van der Waals surface area contributed by atoms with Gasteiger partial charge in [0.25, 0.3) is 10.1 Å². The van der Waals surface area contributed by atoms with Gasteiger partial charge in [-0.1, -0.05) is 144 Å². The SMILES string of the molecule is CCCC/C=C/C/C=C/CCCCCCCC(=O)O[C@H](COC(=O)CC/C=C/C/C=C/C/C=C/C/C=C/C/C=C/CCCCC)CO[C@H]1O[C@H](CS(=O)(=O)O)[C@@H](O)C(O)C1O. The molecule has 1 rings (SSSR count). The minimum Gasteiger partial charge on any atom is -0.462 e. The van der Waals surface area contributed by atoms with Crippen LogP contribution in [-0.4, -0.2) is 96.0 Å². The van der Waals surface area contributed by atoms with Crippen molar-refractivity contribution in [3.05, 3.63) is 85.1 Å². The molecule has 0 amide bonds. The molecule has 1 saturated heterocycles. The summed E-state index contributed by atoms with van der Waals surface area (Å²) in [5, 5.41) is 30.9. The largest absolute Gasteiger partial charge is 0.462 e. The Balaban J connectivity index is 2.52. The molecule has 0 spiro atoms. The van der Waals surface area contributed by atoms with Gasteiger partial charge in [0, 0.05) is 12.8 Å². The zero-order valence-electron chi connectivity index (χ0n) is 37.0. The van der Waals surface area contributed by atoms with Crippen molar-refractivity contribution < 1.29 is 56.8 Å². The highest BCUT2D eigenvalue weighted by Gasteiger charge is 2.46. The number of allylic oxidation sites excluding steroid dienone is 14. The van der Waals surface area contributed by atoms with Gasteiger partial charge in [-0.25, -0.2) is 0 Å². The van der Waals surface area contributed by atoms with Crippen molar-refractivity contribution in [3.8, 4) is 0 Å². The van der Waals surface area contributed by atoms with Crippen molar-refractivity contribution in [3.63, 3.8) is 0 Å². The fourth-order valence-corrected chi connectivity index (χ4v) is 6.84. The molecule has 4 N–H and O–H groups in total. The van der Waals surface area contributed by atoms with Crippen LogP contribution < -0.4 is 0 Å². The normalized spacial score (nSPS) is 20.8. The van der Waals surface area contributed by atoms with Gasteiger partial charge < -0.3 is 34.3 Å². The average Bonchev–Trinajstić information content (AvgIpc) is 3.22. The fraction of sp³-hybridized carbons (Fsp3) is 0.667. The van der Waals surface area contributed by atoms with Crippen LogP contribution in [0.1, 0.15) is 149 Å². The Labute approximate surface area is 367 Å². The molecular weight excluding hydrogens is 801 g/mol. The molecule has 1 aliphatic rings. The molecule has 0 saturated carbocycles. The summed E-state index contributed by atoms with van der Waals surface area (Å²) in [6, 6.07) is 0. The molecule has 1 fully saturated rings. The van der Waals surface area contributed by atoms with Gasteiger partial charge in [0.15, 0.2) is 12.4 Å². The zero-order valence-corrected chi connectivity index (χ0v) is 37.8. The third-order valence-electron chi connectivity index (χ3n) is 9.71. The van der Waals surface area contributed by atoms with E-state index < -0.39 is 71.2 Å². The van der Waals surface area contributed by atoms with Gasteiger partial charge in [0.05, 0.1) is 6.61 Å². The van der Waals surface area contributed by atoms with Crippen molar-refractivity contribution >= 4 is 22.1 Å². The Kier molecular flexibility index (Phi) is 34.2. The highest BCUT2D eigenvalue weighted by molar-refractivity contribution is 7.85. The first-order valence-electron chi connectivity index (χ1n) is 22.6. The van der Waals surface area contributed by atoms with E-state index in [-0.39, 0.29) is 19.4 Å². The van der Waals surface area contributed by atoms with Gasteiger partial charge in [-0.3, -0.25) is 14.1 Å². The lowest BCUT2D eigenvalue weighted by Gasteiger charge is -2.40. The second-order valence-corrected chi connectivity index (χ2v) is 16.9. The van der Waals surface area contributed by atoms with E-state index in [0.29, 0.717) is 12.8 Å². The van der Waals surface area contributed by atoms with Crippen LogP contribution >= 0.6 is 0 Å². The number of hydrogen-bond acceptors (Lipinski definition) is 11. The Morgan fingerprint density at radius 3 is 1.57 bits per heavy atom. The summed E-state index contributed by atoms with van der Waals surface area (Å²) < 4.78 is 53.9. The first kappa shape index (κ1) is 55.8. The summed E-state index contributed by atoms with van der Waals surface area (Å²) in [6.07, 6.45) is 39.2. The molecule has 348 valence electrons. The molecule has 0 aromatic carbocycles. The van der Waals surface area contributed by atoms with E-state index in [1.165, 1.54) is 32.1 Å². The van der Waals surface area contributed by atoms with E-state index in [1.54, 1.807) is 0 Å². The van der Waals surface area contributed by atoms with Gasteiger partial charge in [-0.2, -0.15) is 8.42 Å². The van der Waals surface area contributed by atoms with Gasteiger partial charge in [0.2, 0.25) is 0 Å². The van der Waals surface area contributed by atoms with E-state index in [2.05, 4.69) is 86.8 Å². The Bertz CT molecular complexity index is 1450. The molecule has 61 heavy (non-hydrogen) atoms. The summed E-state index contributed by atoms with van der Waals surface area (Å²) >= 11 is 0. The number of aliphatic hydroxyl groups excluding tert-OH is 3. The lowest BCUT2D eigenvalue weighted by atomic mass is 10.00.